The van der Waals surface area contributed by atoms with Crippen LogP contribution in [0.1, 0.15) is 31.6 Å². The molecule has 88 valence electrons. The molecule has 1 fully saturated rings. The fourth-order valence-electron chi connectivity index (χ4n) is 2.03. The minimum absolute atomic E-state index is 0.0576. The van der Waals surface area contributed by atoms with Crippen LogP contribution in [0.3, 0.4) is 0 Å². The number of carbonyl (C=O) groups excluding carboxylic acids is 1. The molecule has 6 nitrogen and oxygen atoms in total. The second kappa shape index (κ2) is 4.61. The summed E-state index contributed by atoms with van der Waals surface area (Å²) in [6, 6.07) is 0.0954. The molecule has 6 heteroatoms. The molecule has 1 saturated carbocycles. The number of rotatable bonds is 2. The molecule has 1 aliphatic carbocycles. The predicted octanol–water partition coefficient (Wildman–Crippen LogP) is 0.834. The van der Waals surface area contributed by atoms with Crippen LogP contribution in [0, 0.1) is 12.8 Å². The number of anilines is 1. The first-order valence-corrected chi connectivity index (χ1v) is 5.53. The maximum Gasteiger partial charge on any atom is 0.322 e. The fourth-order valence-corrected chi connectivity index (χ4v) is 2.03. The second-order valence-electron chi connectivity index (χ2n) is 4.17. The largest absolute Gasteiger partial charge is 0.408 e. The molecule has 1 aliphatic rings. The summed E-state index contributed by atoms with van der Waals surface area (Å²) < 4.78 is 5.09. The molecule has 0 aromatic carbocycles. The normalized spacial score (nSPS) is 25.4. The van der Waals surface area contributed by atoms with Crippen LogP contribution in [0.5, 0.6) is 0 Å². The van der Waals surface area contributed by atoms with Gasteiger partial charge in [0.05, 0.1) is 5.92 Å². The van der Waals surface area contributed by atoms with Crippen molar-refractivity contribution < 1.29 is 9.21 Å². The third-order valence-electron chi connectivity index (χ3n) is 2.91. The van der Waals surface area contributed by atoms with Crippen molar-refractivity contribution in [3.05, 3.63) is 5.89 Å². The summed E-state index contributed by atoms with van der Waals surface area (Å²) in [6.45, 7) is 1.68. The molecule has 3 N–H and O–H groups in total. The van der Waals surface area contributed by atoms with Gasteiger partial charge < -0.3 is 10.2 Å². The van der Waals surface area contributed by atoms with Crippen molar-refractivity contribution in [3.63, 3.8) is 0 Å². The highest BCUT2D eigenvalue weighted by atomic mass is 16.4. The first-order chi connectivity index (χ1) is 7.66. The van der Waals surface area contributed by atoms with E-state index in [0.29, 0.717) is 5.89 Å². The number of hydrogen-bond donors (Lipinski definition) is 2. The van der Waals surface area contributed by atoms with Gasteiger partial charge in [0.15, 0.2) is 0 Å². The first kappa shape index (κ1) is 11.1. The van der Waals surface area contributed by atoms with E-state index in [1.807, 2.05) is 0 Å². The number of hydrogen-bond acceptors (Lipinski definition) is 5. The van der Waals surface area contributed by atoms with Crippen molar-refractivity contribution in [2.45, 2.75) is 38.6 Å². The molecule has 2 unspecified atom stereocenters. The number of aryl methyl sites for hydroxylation is 1. The molecular formula is C10H16N4O2. The van der Waals surface area contributed by atoms with Crippen LogP contribution in [0.15, 0.2) is 4.42 Å². The van der Waals surface area contributed by atoms with Crippen molar-refractivity contribution >= 4 is 11.9 Å². The Labute approximate surface area is 93.6 Å². The minimum atomic E-state index is -0.138. The Kier molecular flexibility index (Phi) is 3.19. The Balaban J connectivity index is 1.96. The molecule has 0 bridgehead atoms. The maximum absolute atomic E-state index is 11.9. The minimum Gasteiger partial charge on any atom is -0.408 e. The second-order valence-corrected chi connectivity index (χ2v) is 4.17. The fraction of sp³-hybridized carbons (Fsp3) is 0.700. The molecule has 0 aliphatic heterocycles. The third kappa shape index (κ3) is 2.38. The van der Waals surface area contributed by atoms with Crippen LogP contribution in [-0.2, 0) is 4.79 Å². The number of amides is 1. The SMILES string of the molecule is Cc1nnc(NC(=O)C2CCCCC2N)o1. The van der Waals surface area contributed by atoms with Crippen molar-refractivity contribution in [2.24, 2.45) is 11.7 Å². The van der Waals surface area contributed by atoms with E-state index in [-0.39, 0.29) is 23.9 Å². The quantitative estimate of drug-likeness (QED) is 0.776. The summed E-state index contributed by atoms with van der Waals surface area (Å²) in [5.41, 5.74) is 5.91. The highest BCUT2D eigenvalue weighted by Crippen LogP contribution is 2.24. The Morgan fingerprint density at radius 3 is 2.81 bits per heavy atom. The van der Waals surface area contributed by atoms with Crippen LogP contribution >= 0.6 is 0 Å². The molecule has 2 rings (SSSR count). The van der Waals surface area contributed by atoms with Crippen LogP contribution < -0.4 is 11.1 Å². The van der Waals surface area contributed by atoms with Crippen LogP contribution in [-0.4, -0.2) is 22.1 Å². The molecule has 1 aromatic rings. The van der Waals surface area contributed by atoms with Crippen molar-refractivity contribution in [3.8, 4) is 0 Å². The Morgan fingerprint density at radius 2 is 2.19 bits per heavy atom. The monoisotopic (exact) mass is 224 g/mol. The molecule has 1 aromatic heterocycles. The molecule has 1 amide bonds. The summed E-state index contributed by atoms with van der Waals surface area (Å²) in [4.78, 5) is 11.9. The van der Waals surface area contributed by atoms with Crippen molar-refractivity contribution in [1.82, 2.24) is 10.2 Å². The van der Waals surface area contributed by atoms with E-state index in [0.717, 1.165) is 25.7 Å². The van der Waals surface area contributed by atoms with Crippen LogP contribution in [0.2, 0.25) is 0 Å². The molecular weight excluding hydrogens is 208 g/mol. The predicted molar refractivity (Wildman–Crippen MR) is 57.6 cm³/mol. The zero-order chi connectivity index (χ0) is 11.5. The molecule has 1 heterocycles. The van der Waals surface area contributed by atoms with Gasteiger partial charge in [0.2, 0.25) is 11.8 Å². The van der Waals surface area contributed by atoms with E-state index < -0.39 is 0 Å². The van der Waals surface area contributed by atoms with Crippen molar-refractivity contribution in [1.29, 1.82) is 0 Å². The van der Waals surface area contributed by atoms with Gasteiger partial charge in [-0.2, -0.15) is 0 Å². The van der Waals surface area contributed by atoms with E-state index >= 15 is 0 Å². The first-order valence-electron chi connectivity index (χ1n) is 5.53. The topological polar surface area (TPSA) is 94.0 Å². The summed E-state index contributed by atoms with van der Waals surface area (Å²) in [7, 11) is 0. The number of aromatic nitrogens is 2. The molecule has 0 spiro atoms. The number of nitrogens with one attached hydrogen (secondary N) is 1. The average Bonchev–Trinajstić information content (AvgIpc) is 2.64. The van der Waals surface area contributed by atoms with Crippen LogP contribution in [0.25, 0.3) is 0 Å². The van der Waals surface area contributed by atoms with E-state index in [1.54, 1.807) is 6.92 Å². The summed E-state index contributed by atoms with van der Waals surface area (Å²) in [6.07, 6.45) is 3.89. The van der Waals surface area contributed by atoms with Gasteiger partial charge in [0.1, 0.15) is 0 Å². The Morgan fingerprint density at radius 1 is 1.44 bits per heavy atom. The highest BCUT2D eigenvalue weighted by Gasteiger charge is 2.29. The van der Waals surface area contributed by atoms with Gasteiger partial charge in [-0.1, -0.05) is 17.9 Å². The van der Waals surface area contributed by atoms with Gasteiger partial charge >= 0.3 is 6.01 Å². The highest BCUT2D eigenvalue weighted by molar-refractivity contribution is 5.91. The van der Waals surface area contributed by atoms with Gasteiger partial charge in [0, 0.05) is 13.0 Å². The summed E-state index contributed by atoms with van der Waals surface area (Å²) in [5.74, 6) is 0.181. The van der Waals surface area contributed by atoms with Gasteiger partial charge in [-0.05, 0) is 12.8 Å². The van der Waals surface area contributed by atoms with Gasteiger partial charge in [0.25, 0.3) is 0 Å². The average molecular weight is 224 g/mol. The van der Waals surface area contributed by atoms with Gasteiger partial charge in [-0.25, -0.2) is 0 Å². The van der Waals surface area contributed by atoms with E-state index in [2.05, 4.69) is 15.5 Å². The summed E-state index contributed by atoms with van der Waals surface area (Å²) >= 11 is 0. The molecule has 16 heavy (non-hydrogen) atoms. The van der Waals surface area contributed by atoms with E-state index in [1.165, 1.54) is 0 Å². The Bertz CT molecular complexity index is 377. The lowest BCUT2D eigenvalue weighted by molar-refractivity contribution is -0.121. The number of nitrogens with two attached hydrogens (primary N) is 1. The third-order valence-corrected chi connectivity index (χ3v) is 2.91. The van der Waals surface area contributed by atoms with E-state index in [9.17, 15) is 4.79 Å². The zero-order valence-corrected chi connectivity index (χ0v) is 9.27. The number of carbonyl (C=O) groups is 1. The molecule has 0 saturated heterocycles. The van der Waals surface area contributed by atoms with E-state index in [4.69, 9.17) is 10.2 Å². The zero-order valence-electron chi connectivity index (χ0n) is 9.27. The smallest absolute Gasteiger partial charge is 0.322 e. The maximum atomic E-state index is 11.9. The Hall–Kier alpha value is -1.43. The lowest BCUT2D eigenvalue weighted by Gasteiger charge is -2.26. The van der Waals surface area contributed by atoms with Gasteiger partial charge in [-0.3, -0.25) is 10.1 Å². The van der Waals surface area contributed by atoms with Crippen molar-refractivity contribution in [2.75, 3.05) is 5.32 Å². The molecule has 2 atom stereocenters. The van der Waals surface area contributed by atoms with Gasteiger partial charge in [-0.15, -0.1) is 5.10 Å². The van der Waals surface area contributed by atoms with Crippen LogP contribution in [0.4, 0.5) is 6.01 Å². The number of nitrogens with zero attached hydrogens (tertiary/aromatic N) is 2. The lowest BCUT2D eigenvalue weighted by Crippen LogP contribution is -2.40. The molecule has 0 radical (unpaired) electrons. The standard InChI is InChI=1S/C10H16N4O2/c1-6-13-14-10(16-6)12-9(15)7-4-2-3-5-8(7)11/h7-8H,2-5,11H2,1H3,(H,12,14,15). The lowest BCUT2D eigenvalue weighted by atomic mass is 9.84. The summed E-state index contributed by atoms with van der Waals surface area (Å²) in [5, 5.41) is 9.96.